The van der Waals surface area contributed by atoms with Crippen molar-refractivity contribution in [2.45, 2.75) is 31.8 Å². The second-order valence-electron chi connectivity index (χ2n) is 8.09. The predicted molar refractivity (Wildman–Crippen MR) is 93.7 cm³/mol. The third kappa shape index (κ3) is 1.60. The van der Waals surface area contributed by atoms with Gasteiger partial charge in [0.15, 0.2) is 0 Å². The van der Waals surface area contributed by atoms with Gasteiger partial charge < -0.3 is 19.7 Å². The fourth-order valence-electron chi connectivity index (χ4n) is 6.05. The van der Waals surface area contributed by atoms with Crippen LogP contribution in [0.2, 0.25) is 0 Å². The number of phenols is 1. The van der Waals surface area contributed by atoms with Gasteiger partial charge in [-0.15, -0.1) is 0 Å². The number of fused-ring (bicyclic) bond motifs is 4. The van der Waals surface area contributed by atoms with Crippen molar-refractivity contribution in [3.05, 3.63) is 41.1 Å². The predicted octanol–water partition coefficient (Wildman–Crippen LogP) is 2.87. The molecule has 0 spiro atoms. The molecule has 0 aliphatic carbocycles. The maximum Gasteiger partial charge on any atom is 0.131 e. The summed E-state index contributed by atoms with van der Waals surface area (Å²) in [5.41, 5.74) is 5.39. The molecule has 0 amide bonds. The molecular formula is C20H25N2O2+. The summed E-state index contributed by atoms with van der Waals surface area (Å²) in [6.07, 6.45) is 4.39. The Kier molecular flexibility index (Phi) is 2.82. The van der Waals surface area contributed by atoms with Gasteiger partial charge in [0.05, 0.1) is 25.4 Å². The van der Waals surface area contributed by atoms with Gasteiger partial charge in [-0.2, -0.15) is 0 Å². The number of nitrogens with zero attached hydrogens (tertiary/aromatic N) is 1. The number of piperidine rings is 3. The molecule has 0 unspecified atom stereocenters. The van der Waals surface area contributed by atoms with E-state index in [4.69, 9.17) is 0 Å². The highest BCUT2D eigenvalue weighted by molar-refractivity contribution is 5.86. The smallest absolute Gasteiger partial charge is 0.131 e. The number of aromatic hydroxyl groups is 1. The van der Waals surface area contributed by atoms with Crippen LogP contribution in [0.3, 0.4) is 0 Å². The number of H-pyrrole nitrogens is 1. The summed E-state index contributed by atoms with van der Waals surface area (Å²) < 4.78 is 1.02. The molecule has 1 aromatic carbocycles. The van der Waals surface area contributed by atoms with Gasteiger partial charge in [-0.25, -0.2) is 0 Å². The number of phenolic OH excluding ortho intramolecular Hbond substituents is 1. The average Bonchev–Trinajstić information content (AvgIpc) is 2.91. The zero-order valence-corrected chi connectivity index (χ0v) is 14.3. The van der Waals surface area contributed by atoms with Crippen molar-refractivity contribution in [2.75, 3.05) is 20.2 Å². The molecule has 4 aliphatic heterocycles. The van der Waals surface area contributed by atoms with E-state index in [0.717, 1.165) is 34.8 Å². The first-order valence-electron chi connectivity index (χ1n) is 9.01. The molecule has 3 N–H and O–H groups in total. The van der Waals surface area contributed by atoms with Crippen molar-refractivity contribution in [3.8, 4) is 5.75 Å². The van der Waals surface area contributed by atoms with Crippen LogP contribution in [0.15, 0.2) is 29.8 Å². The molecular weight excluding hydrogens is 300 g/mol. The normalized spacial score (nSPS) is 38.7. The lowest BCUT2D eigenvalue weighted by molar-refractivity contribution is -0.978. The minimum absolute atomic E-state index is 0.274. The van der Waals surface area contributed by atoms with E-state index in [9.17, 15) is 10.2 Å². The highest BCUT2D eigenvalue weighted by Gasteiger charge is 2.61. The fraction of sp³-hybridized carbons (Fsp3) is 0.500. The van der Waals surface area contributed by atoms with Gasteiger partial charge in [0.1, 0.15) is 18.3 Å². The van der Waals surface area contributed by atoms with Crippen LogP contribution in [0.5, 0.6) is 5.75 Å². The topological polar surface area (TPSA) is 56.2 Å². The SMILES string of the molecule is C/C=C1/C[N@@+]2(C)[C@H]3C[C@H]1[C@@H](CO)[C@@H]2Cc1c3[nH]c2ccc(O)cc12. The monoisotopic (exact) mass is 325 g/mol. The second-order valence-corrected chi connectivity index (χ2v) is 8.09. The number of benzene rings is 1. The maximum absolute atomic E-state index is 10.1. The number of hydrogen-bond acceptors (Lipinski definition) is 2. The molecule has 3 fully saturated rings. The summed E-state index contributed by atoms with van der Waals surface area (Å²) in [5, 5.41) is 21.2. The van der Waals surface area contributed by atoms with Crippen molar-refractivity contribution in [2.24, 2.45) is 11.8 Å². The van der Waals surface area contributed by atoms with Crippen LogP contribution >= 0.6 is 0 Å². The van der Waals surface area contributed by atoms with Gasteiger partial charge >= 0.3 is 0 Å². The molecule has 5 heterocycles. The summed E-state index contributed by atoms with van der Waals surface area (Å²) in [5.74, 6) is 1.20. The van der Waals surface area contributed by atoms with Crippen LogP contribution in [-0.2, 0) is 6.42 Å². The summed E-state index contributed by atoms with van der Waals surface area (Å²) in [7, 11) is 2.38. The van der Waals surface area contributed by atoms with Crippen LogP contribution in [0, 0.1) is 11.8 Å². The number of hydrogen-bond donors (Lipinski definition) is 3. The molecule has 6 rings (SSSR count). The molecule has 1 aromatic heterocycles. The minimum atomic E-state index is 0.274. The lowest BCUT2D eigenvalue weighted by Crippen LogP contribution is -2.70. The maximum atomic E-state index is 10.1. The van der Waals surface area contributed by atoms with E-state index in [0.29, 0.717) is 29.7 Å². The first kappa shape index (κ1) is 14.6. The van der Waals surface area contributed by atoms with Crippen molar-refractivity contribution < 1.29 is 14.7 Å². The van der Waals surface area contributed by atoms with Gasteiger partial charge in [0.25, 0.3) is 0 Å². The molecule has 24 heavy (non-hydrogen) atoms. The first-order valence-corrected chi connectivity index (χ1v) is 9.01. The van der Waals surface area contributed by atoms with E-state index in [1.807, 2.05) is 12.1 Å². The third-order valence-corrected chi connectivity index (χ3v) is 7.21. The lowest BCUT2D eigenvalue weighted by atomic mass is 9.62. The number of likely N-dealkylation sites (N-methyl/N-ethyl adjacent to an activating group) is 1. The van der Waals surface area contributed by atoms with Crippen LogP contribution < -0.4 is 0 Å². The zero-order chi connectivity index (χ0) is 16.6. The third-order valence-electron chi connectivity index (χ3n) is 7.21. The summed E-state index contributed by atoms with van der Waals surface area (Å²) >= 11 is 0. The minimum Gasteiger partial charge on any atom is -0.508 e. The van der Waals surface area contributed by atoms with Crippen LogP contribution in [0.4, 0.5) is 0 Å². The van der Waals surface area contributed by atoms with Crippen molar-refractivity contribution in [3.63, 3.8) is 0 Å². The van der Waals surface area contributed by atoms with E-state index < -0.39 is 0 Å². The van der Waals surface area contributed by atoms with Crippen LogP contribution in [0.1, 0.15) is 30.6 Å². The number of allylic oxidation sites excluding steroid dienone is 1. The average molecular weight is 325 g/mol. The zero-order valence-electron chi connectivity index (χ0n) is 14.3. The van der Waals surface area contributed by atoms with Crippen molar-refractivity contribution >= 4 is 10.9 Å². The highest BCUT2D eigenvalue weighted by Crippen LogP contribution is 2.57. The number of aromatic amines is 1. The van der Waals surface area contributed by atoms with E-state index in [2.05, 4.69) is 25.0 Å². The Balaban J connectivity index is 1.73. The molecule has 4 bridgehead atoms. The Labute approximate surface area is 142 Å². The van der Waals surface area contributed by atoms with Crippen molar-refractivity contribution in [1.29, 1.82) is 0 Å². The number of aliphatic hydroxyl groups is 1. The number of quaternary nitrogens is 1. The molecule has 126 valence electrons. The lowest BCUT2D eigenvalue weighted by Gasteiger charge is -2.62. The molecule has 0 radical (unpaired) electrons. The Morgan fingerprint density at radius 3 is 2.96 bits per heavy atom. The second kappa shape index (κ2) is 4.64. The Morgan fingerprint density at radius 1 is 1.38 bits per heavy atom. The molecule has 4 aliphatic rings. The summed E-state index contributed by atoms with van der Waals surface area (Å²) in [6.45, 7) is 3.52. The summed E-state index contributed by atoms with van der Waals surface area (Å²) in [4.78, 5) is 3.67. The van der Waals surface area contributed by atoms with Gasteiger partial charge in [0, 0.05) is 35.6 Å². The van der Waals surface area contributed by atoms with E-state index in [1.54, 1.807) is 6.07 Å². The van der Waals surface area contributed by atoms with Gasteiger partial charge in [-0.05, 0) is 36.3 Å². The summed E-state index contributed by atoms with van der Waals surface area (Å²) in [6, 6.07) is 6.58. The number of nitrogens with one attached hydrogen (secondary N) is 1. The molecule has 4 heteroatoms. The van der Waals surface area contributed by atoms with Gasteiger partial charge in [0.2, 0.25) is 0 Å². The largest absolute Gasteiger partial charge is 0.508 e. The Hall–Kier alpha value is -1.78. The van der Waals surface area contributed by atoms with Crippen LogP contribution in [0.25, 0.3) is 10.9 Å². The molecule has 0 saturated carbocycles. The molecule has 2 aromatic rings. The quantitative estimate of drug-likeness (QED) is 0.558. The van der Waals surface area contributed by atoms with E-state index >= 15 is 0 Å². The number of aromatic nitrogens is 1. The Bertz CT molecular complexity index is 868. The number of rotatable bonds is 1. The van der Waals surface area contributed by atoms with E-state index in [-0.39, 0.29) is 6.61 Å². The molecule has 3 saturated heterocycles. The standard InChI is InChI=1S/C20H24N2O2/c1-3-11-9-22(2)18-8-15-14-6-12(24)4-5-17(14)21-20(15)19(22)7-13(11)16(18)10-23/h3-6,13,16,18-19,21,23H,7-10H2,1-2H3/p+1/b11-3-/t13-,16-,18+,19+,22-/m1/s1. The Morgan fingerprint density at radius 2 is 2.21 bits per heavy atom. The number of aliphatic hydroxyl groups excluding tert-OH is 1. The fourth-order valence-corrected chi connectivity index (χ4v) is 6.05. The molecule has 4 nitrogen and oxygen atoms in total. The van der Waals surface area contributed by atoms with Gasteiger partial charge in [-0.3, -0.25) is 0 Å². The first-order chi connectivity index (χ1) is 11.6. The van der Waals surface area contributed by atoms with Crippen molar-refractivity contribution in [1.82, 2.24) is 4.98 Å². The van der Waals surface area contributed by atoms with Crippen LogP contribution in [-0.4, -0.2) is 45.9 Å². The molecule has 5 atom stereocenters. The van der Waals surface area contributed by atoms with Gasteiger partial charge in [-0.1, -0.05) is 6.08 Å². The van der Waals surface area contributed by atoms with E-state index in [1.165, 1.54) is 16.8 Å². The highest BCUT2D eigenvalue weighted by atomic mass is 16.3.